The maximum atomic E-state index is 5.65. The zero-order valence-electron chi connectivity index (χ0n) is 7.93. The van der Waals surface area contributed by atoms with Crippen LogP contribution >= 0.6 is 15.9 Å². The third kappa shape index (κ3) is 2.28. The van der Waals surface area contributed by atoms with Gasteiger partial charge in [-0.15, -0.1) is 0 Å². The van der Waals surface area contributed by atoms with Gasteiger partial charge < -0.3 is 9.31 Å². The molecule has 0 N–H and O–H groups in total. The summed E-state index contributed by atoms with van der Waals surface area (Å²) in [7, 11) is 0.00144. The van der Waals surface area contributed by atoms with Crippen LogP contribution in [-0.2, 0) is 9.31 Å². The smallest absolute Gasteiger partial charge is 0.410 e. The molecule has 0 radical (unpaired) electrons. The molecule has 0 aromatic heterocycles. The van der Waals surface area contributed by atoms with E-state index in [-0.39, 0.29) is 11.3 Å². The highest BCUT2D eigenvalue weighted by Crippen LogP contribution is 2.39. The molecule has 1 saturated heterocycles. The van der Waals surface area contributed by atoms with E-state index < -0.39 is 0 Å². The molecule has 1 aliphatic heterocycles. The first-order valence-electron chi connectivity index (χ1n) is 5.23. The lowest BCUT2D eigenvalue weighted by Gasteiger charge is -2.36. The molecule has 13 heavy (non-hydrogen) atoms. The highest BCUT2D eigenvalue weighted by atomic mass is 79.9. The van der Waals surface area contributed by atoms with Gasteiger partial charge in [-0.1, -0.05) is 35.2 Å². The summed E-state index contributed by atoms with van der Waals surface area (Å²) < 4.78 is 11.4. The molecule has 1 saturated carbocycles. The van der Waals surface area contributed by atoms with Gasteiger partial charge in [-0.05, 0) is 19.3 Å². The predicted molar refractivity (Wildman–Crippen MR) is 57.0 cm³/mol. The van der Waals surface area contributed by atoms with Crippen molar-refractivity contribution < 1.29 is 9.31 Å². The van der Waals surface area contributed by atoms with Crippen molar-refractivity contribution >= 4 is 23.0 Å². The van der Waals surface area contributed by atoms with Crippen molar-refractivity contribution in [3.05, 3.63) is 0 Å². The summed E-state index contributed by atoms with van der Waals surface area (Å²) in [5.41, 5.74) is 0. The quantitative estimate of drug-likeness (QED) is 0.523. The molecule has 2 nitrogen and oxygen atoms in total. The minimum absolute atomic E-state index is 0.00144. The molecule has 0 atom stereocenters. The Kier molecular flexibility index (Phi) is 3.33. The lowest BCUT2D eigenvalue weighted by molar-refractivity contribution is 0.120. The Morgan fingerprint density at radius 3 is 2.15 bits per heavy atom. The van der Waals surface area contributed by atoms with Crippen molar-refractivity contribution in [2.24, 2.45) is 0 Å². The van der Waals surface area contributed by atoms with Crippen molar-refractivity contribution in [1.82, 2.24) is 0 Å². The van der Waals surface area contributed by atoms with Crippen LogP contribution in [-0.4, -0.2) is 24.6 Å². The van der Waals surface area contributed by atoms with Crippen LogP contribution in [0.5, 0.6) is 0 Å². The van der Waals surface area contributed by atoms with Gasteiger partial charge in [0.15, 0.2) is 0 Å². The number of hydrogen-bond donors (Lipinski definition) is 0. The lowest BCUT2D eigenvalue weighted by Crippen LogP contribution is -2.49. The van der Waals surface area contributed by atoms with Gasteiger partial charge in [0.25, 0.3) is 0 Å². The fourth-order valence-corrected chi connectivity index (χ4v) is 2.99. The van der Waals surface area contributed by atoms with Crippen LogP contribution < -0.4 is 0 Å². The van der Waals surface area contributed by atoms with E-state index in [4.69, 9.17) is 9.31 Å². The lowest BCUT2D eigenvalue weighted by atomic mass is 9.63. The molecule has 2 rings (SSSR count). The van der Waals surface area contributed by atoms with Gasteiger partial charge in [-0.25, -0.2) is 0 Å². The summed E-state index contributed by atoms with van der Waals surface area (Å²) in [6, 6.07) is 0. The van der Waals surface area contributed by atoms with E-state index in [9.17, 15) is 0 Å². The van der Waals surface area contributed by atoms with E-state index >= 15 is 0 Å². The topological polar surface area (TPSA) is 18.5 Å². The van der Waals surface area contributed by atoms with Gasteiger partial charge in [-0.2, -0.15) is 0 Å². The molecule has 0 aromatic carbocycles. The van der Waals surface area contributed by atoms with Gasteiger partial charge >= 0.3 is 7.12 Å². The minimum atomic E-state index is 0.00144. The van der Waals surface area contributed by atoms with Gasteiger partial charge in [0.2, 0.25) is 0 Å². The first-order chi connectivity index (χ1) is 6.31. The summed E-state index contributed by atoms with van der Waals surface area (Å²) in [4.78, 5) is 0. The van der Waals surface area contributed by atoms with Crippen molar-refractivity contribution in [1.29, 1.82) is 0 Å². The van der Waals surface area contributed by atoms with Crippen molar-refractivity contribution in [3.8, 4) is 0 Å². The monoisotopic (exact) mass is 246 g/mol. The van der Waals surface area contributed by atoms with E-state index in [0.29, 0.717) is 0 Å². The Hall–Kier alpha value is 0.465. The van der Waals surface area contributed by atoms with E-state index in [1.165, 1.54) is 32.1 Å². The van der Waals surface area contributed by atoms with Crippen LogP contribution in [0, 0.1) is 0 Å². The third-order valence-corrected chi connectivity index (χ3v) is 4.10. The van der Waals surface area contributed by atoms with Crippen LogP contribution in [0.3, 0.4) is 0 Å². The Balaban J connectivity index is 1.94. The molecular formula is C9H16BBrO2. The molecule has 0 amide bonds. The number of hydrogen-bond acceptors (Lipinski definition) is 2. The highest BCUT2D eigenvalue weighted by molar-refractivity contribution is 9.10. The maximum absolute atomic E-state index is 5.65. The first-order valence-corrected chi connectivity index (χ1v) is 6.03. The van der Waals surface area contributed by atoms with E-state index in [1.54, 1.807) is 0 Å². The van der Waals surface area contributed by atoms with Crippen LogP contribution in [0.25, 0.3) is 0 Å². The van der Waals surface area contributed by atoms with Crippen molar-refractivity contribution in [3.63, 3.8) is 0 Å². The average Bonchev–Trinajstić information content (AvgIpc) is 2.20. The van der Waals surface area contributed by atoms with E-state index in [1.807, 2.05) is 0 Å². The van der Waals surface area contributed by atoms with Crippen molar-refractivity contribution in [2.75, 3.05) is 13.2 Å². The Morgan fingerprint density at radius 2 is 1.54 bits per heavy atom. The molecule has 74 valence electrons. The second-order valence-electron chi connectivity index (χ2n) is 4.02. The second-order valence-corrected chi connectivity index (χ2v) is 5.60. The molecule has 4 heteroatoms. The number of halogens is 1. The Bertz CT molecular complexity index is 165. The average molecular weight is 247 g/mol. The molecule has 1 aliphatic carbocycles. The SMILES string of the molecule is BrC1(B2OCCCO2)CCCCC1. The highest BCUT2D eigenvalue weighted by Gasteiger charge is 2.45. The molecular weight excluding hydrogens is 231 g/mol. The van der Waals surface area contributed by atoms with E-state index in [0.717, 1.165) is 19.6 Å². The molecule has 0 bridgehead atoms. The fourth-order valence-electron chi connectivity index (χ4n) is 2.16. The summed E-state index contributed by atoms with van der Waals surface area (Å²) >= 11 is 3.81. The van der Waals surface area contributed by atoms with Gasteiger partial charge in [0.1, 0.15) is 0 Å². The molecule has 0 spiro atoms. The van der Waals surface area contributed by atoms with Crippen LogP contribution in [0.1, 0.15) is 38.5 Å². The molecule has 2 aliphatic rings. The van der Waals surface area contributed by atoms with Crippen molar-refractivity contribution in [2.45, 2.75) is 42.7 Å². The largest absolute Gasteiger partial charge is 0.474 e. The second kappa shape index (κ2) is 4.32. The van der Waals surface area contributed by atoms with Crippen LogP contribution in [0.4, 0.5) is 0 Å². The van der Waals surface area contributed by atoms with Gasteiger partial charge in [0, 0.05) is 13.2 Å². The minimum Gasteiger partial charge on any atom is -0.410 e. The normalized spacial score (nSPS) is 28.8. The molecule has 0 unspecified atom stereocenters. The summed E-state index contributed by atoms with van der Waals surface area (Å²) in [6.45, 7) is 1.72. The predicted octanol–water partition coefficient (Wildman–Crippen LogP) is 2.55. The third-order valence-electron chi connectivity index (χ3n) is 2.93. The molecule has 0 aromatic rings. The van der Waals surface area contributed by atoms with Gasteiger partial charge in [0.05, 0.1) is 4.22 Å². The Labute approximate surface area is 88.6 Å². The standard InChI is InChI=1S/C9H16BBrO2/c11-9(5-2-1-3-6-9)10-12-7-4-8-13-10/h1-8H2. The zero-order valence-corrected chi connectivity index (χ0v) is 9.51. The summed E-state index contributed by atoms with van der Waals surface area (Å²) in [5, 5.41) is 0. The van der Waals surface area contributed by atoms with Gasteiger partial charge in [-0.3, -0.25) is 0 Å². The molecule has 1 heterocycles. The Morgan fingerprint density at radius 1 is 0.923 bits per heavy atom. The maximum Gasteiger partial charge on any atom is 0.474 e. The molecule has 2 fully saturated rings. The number of alkyl halides is 1. The number of rotatable bonds is 1. The van der Waals surface area contributed by atoms with Crippen LogP contribution in [0.15, 0.2) is 0 Å². The first kappa shape index (κ1) is 10.00. The fraction of sp³-hybridized carbons (Fsp3) is 1.00. The summed E-state index contributed by atoms with van der Waals surface area (Å²) in [6.07, 6.45) is 7.39. The van der Waals surface area contributed by atoms with E-state index in [2.05, 4.69) is 15.9 Å². The summed E-state index contributed by atoms with van der Waals surface area (Å²) in [5.74, 6) is 0. The zero-order chi connectivity index (χ0) is 9.15. The van der Waals surface area contributed by atoms with Crippen LogP contribution in [0.2, 0.25) is 0 Å².